The molecule has 0 bridgehead atoms. The second-order valence-corrected chi connectivity index (χ2v) is 0.854. The molecule has 0 aromatic heterocycles. The first-order chi connectivity index (χ1) is 1.91. The average molecular weight is 284 g/mol. The van der Waals surface area contributed by atoms with Crippen molar-refractivity contribution >= 4 is 0 Å². The SMILES string of the molecule is [Ac].[CH2-]CCC. The number of unbranched alkanes of at least 4 members (excludes halogenated alkanes) is 1. The number of hydrogen-bond donors (Lipinski definition) is 0. The van der Waals surface area contributed by atoms with E-state index in [0.29, 0.717) is 0 Å². The third kappa shape index (κ3) is 10.8. The van der Waals surface area contributed by atoms with E-state index < -0.39 is 0 Å². The summed E-state index contributed by atoms with van der Waals surface area (Å²) in [5.41, 5.74) is 0. The summed E-state index contributed by atoms with van der Waals surface area (Å²) >= 11 is 0. The van der Waals surface area contributed by atoms with E-state index in [1.807, 2.05) is 0 Å². The Balaban J connectivity index is 0. The second kappa shape index (κ2) is 9.06. The molecular formula is C4H9Ac-. The van der Waals surface area contributed by atoms with Crippen LogP contribution in [-0.2, 0) is 0 Å². The molecule has 1 heteroatoms. The minimum atomic E-state index is 0. The molecule has 0 saturated carbocycles. The van der Waals surface area contributed by atoms with Gasteiger partial charge in [-0.3, -0.25) is 0 Å². The number of rotatable bonds is 1. The Hall–Kier alpha value is 1.44. The summed E-state index contributed by atoms with van der Waals surface area (Å²) in [6.07, 6.45) is 2.28. The molecule has 0 heterocycles. The molecule has 0 aliphatic heterocycles. The van der Waals surface area contributed by atoms with Gasteiger partial charge in [0.15, 0.2) is 0 Å². The van der Waals surface area contributed by atoms with Crippen LogP contribution in [0.25, 0.3) is 0 Å². The Morgan fingerprint density at radius 1 is 1.60 bits per heavy atom. The van der Waals surface area contributed by atoms with Crippen molar-refractivity contribution < 1.29 is 44.1 Å². The van der Waals surface area contributed by atoms with Gasteiger partial charge in [0.1, 0.15) is 0 Å². The maximum Gasteiger partial charge on any atom is 0 e. The molecule has 0 aliphatic rings. The Morgan fingerprint density at radius 3 is 1.80 bits per heavy atom. The van der Waals surface area contributed by atoms with Crippen LogP contribution in [0.2, 0.25) is 0 Å². The van der Waals surface area contributed by atoms with Gasteiger partial charge in [-0.1, -0.05) is 13.3 Å². The zero-order valence-corrected chi connectivity index (χ0v) is 8.44. The van der Waals surface area contributed by atoms with Crippen molar-refractivity contribution in [3.05, 3.63) is 6.92 Å². The minimum Gasteiger partial charge on any atom is -0.343 e. The first kappa shape index (κ1) is 9.67. The van der Waals surface area contributed by atoms with Crippen LogP contribution in [0.3, 0.4) is 0 Å². The molecule has 0 aliphatic carbocycles. The monoisotopic (exact) mass is 284 g/mol. The third-order valence-corrected chi connectivity index (χ3v) is 0.354. The third-order valence-electron chi connectivity index (χ3n) is 0.354. The molecule has 0 fully saturated rings. The predicted molar refractivity (Wildman–Crippen MR) is 20.3 cm³/mol. The molecule has 0 nitrogen and oxygen atoms in total. The van der Waals surface area contributed by atoms with Gasteiger partial charge in [-0.05, 0) is 0 Å². The summed E-state index contributed by atoms with van der Waals surface area (Å²) in [7, 11) is 0. The first-order valence-corrected chi connectivity index (χ1v) is 1.71. The zero-order chi connectivity index (χ0) is 3.41. The van der Waals surface area contributed by atoms with Crippen LogP contribution in [0.15, 0.2) is 0 Å². The van der Waals surface area contributed by atoms with Crippen molar-refractivity contribution in [3.8, 4) is 0 Å². The average Bonchev–Trinajstić information content (AvgIpc) is 1.37. The molecule has 0 amide bonds. The van der Waals surface area contributed by atoms with Crippen LogP contribution >= 0.6 is 0 Å². The fraction of sp³-hybridized carbons (Fsp3) is 0.750. The quantitative estimate of drug-likeness (QED) is 0.642. The molecule has 29 valence electrons. The normalized spacial score (nSPS) is 6.00. The van der Waals surface area contributed by atoms with Crippen molar-refractivity contribution in [2.24, 2.45) is 0 Å². The van der Waals surface area contributed by atoms with Gasteiger partial charge >= 0.3 is 0 Å². The summed E-state index contributed by atoms with van der Waals surface area (Å²) < 4.78 is 0. The Bertz CT molecular complexity index is 5.61. The van der Waals surface area contributed by atoms with Gasteiger partial charge in [-0.2, -0.15) is 6.42 Å². The van der Waals surface area contributed by atoms with Gasteiger partial charge in [0, 0.05) is 44.1 Å². The van der Waals surface area contributed by atoms with E-state index >= 15 is 0 Å². The fourth-order valence-corrected chi connectivity index (χ4v) is 0. The summed E-state index contributed by atoms with van der Waals surface area (Å²) in [6, 6.07) is 0. The van der Waals surface area contributed by atoms with Crippen LogP contribution in [0.4, 0.5) is 0 Å². The van der Waals surface area contributed by atoms with Crippen molar-refractivity contribution in [1.82, 2.24) is 0 Å². The molecule has 1 radical (unpaired) electrons. The molecule has 0 atom stereocenters. The van der Waals surface area contributed by atoms with Crippen LogP contribution in [0.5, 0.6) is 0 Å². The van der Waals surface area contributed by atoms with Gasteiger partial charge < -0.3 is 6.92 Å². The van der Waals surface area contributed by atoms with E-state index in [0.717, 1.165) is 6.42 Å². The van der Waals surface area contributed by atoms with E-state index in [2.05, 4.69) is 13.8 Å². The van der Waals surface area contributed by atoms with E-state index in [9.17, 15) is 0 Å². The molecule has 0 rings (SSSR count). The topological polar surface area (TPSA) is 0 Å². The van der Waals surface area contributed by atoms with E-state index in [-0.39, 0.29) is 44.1 Å². The molecule has 0 aromatic carbocycles. The van der Waals surface area contributed by atoms with Crippen LogP contribution in [0.1, 0.15) is 19.8 Å². The van der Waals surface area contributed by atoms with Crippen molar-refractivity contribution in [3.63, 3.8) is 0 Å². The largest absolute Gasteiger partial charge is 0.343 e. The molecule has 0 saturated heterocycles. The maximum atomic E-state index is 3.60. The summed E-state index contributed by atoms with van der Waals surface area (Å²) in [6.45, 7) is 5.72. The van der Waals surface area contributed by atoms with Gasteiger partial charge in [0.2, 0.25) is 0 Å². The minimum absolute atomic E-state index is 0. The molecule has 0 unspecified atom stereocenters. The summed E-state index contributed by atoms with van der Waals surface area (Å²) in [4.78, 5) is 0. The van der Waals surface area contributed by atoms with Crippen molar-refractivity contribution in [2.75, 3.05) is 0 Å². The maximum absolute atomic E-state index is 3.60. The molecule has 0 N–H and O–H groups in total. The van der Waals surface area contributed by atoms with E-state index in [4.69, 9.17) is 0 Å². The number of hydrogen-bond acceptors (Lipinski definition) is 0. The smallest absolute Gasteiger partial charge is 0 e. The van der Waals surface area contributed by atoms with Gasteiger partial charge in [0.05, 0.1) is 0 Å². The van der Waals surface area contributed by atoms with Gasteiger partial charge in [0.25, 0.3) is 0 Å². The Kier molecular flexibility index (Phi) is 17.5. The van der Waals surface area contributed by atoms with E-state index in [1.165, 1.54) is 6.42 Å². The molecule has 5 heavy (non-hydrogen) atoms. The molecule has 0 spiro atoms. The Morgan fingerprint density at radius 2 is 1.80 bits per heavy atom. The molecular weight excluding hydrogens is 275 g/mol. The first-order valence-electron chi connectivity index (χ1n) is 1.71. The molecule has 0 aromatic rings. The Labute approximate surface area is 69.9 Å². The van der Waals surface area contributed by atoms with Crippen LogP contribution < -0.4 is 0 Å². The predicted octanol–water partition coefficient (Wildman–Crippen LogP) is 1.62. The van der Waals surface area contributed by atoms with E-state index in [1.54, 1.807) is 0 Å². The second-order valence-electron chi connectivity index (χ2n) is 0.854. The standard InChI is InChI=1S/C4H9.Ac/c1-3-4-2;/h1,3-4H2,2H3;/q-1;. The summed E-state index contributed by atoms with van der Waals surface area (Å²) in [5.74, 6) is 0. The van der Waals surface area contributed by atoms with Crippen molar-refractivity contribution in [2.45, 2.75) is 19.8 Å². The fourth-order valence-electron chi connectivity index (χ4n) is 0. The van der Waals surface area contributed by atoms with Gasteiger partial charge in [-0.15, -0.1) is 0 Å². The zero-order valence-electron chi connectivity index (χ0n) is 3.70. The van der Waals surface area contributed by atoms with Crippen LogP contribution in [0, 0.1) is 51.0 Å². The van der Waals surface area contributed by atoms with Crippen LogP contribution in [-0.4, -0.2) is 0 Å². The van der Waals surface area contributed by atoms with Gasteiger partial charge in [-0.25, -0.2) is 0 Å². The van der Waals surface area contributed by atoms with Crippen molar-refractivity contribution in [1.29, 1.82) is 0 Å². The summed E-state index contributed by atoms with van der Waals surface area (Å²) in [5, 5.41) is 0.